The number of hydrogen-bond acceptors (Lipinski definition) is 6. The van der Waals surface area contributed by atoms with Crippen molar-refractivity contribution < 1.29 is 22.4 Å². The standard InChI is InChI=1S/C22H21N3O6S/c1-23-19-11-10-18(13-20(19)24(2)22(23)27)32(28,29)25(14-17-5-4-12-31-17)21(26)15-6-8-16(30-3)9-7-15/h4-13H,14H2,1-3H3. The molecule has 166 valence electrons. The van der Waals surface area contributed by atoms with E-state index in [9.17, 15) is 18.0 Å². The topological polar surface area (TPSA) is 104 Å². The van der Waals surface area contributed by atoms with E-state index < -0.39 is 15.9 Å². The monoisotopic (exact) mass is 455 g/mol. The molecule has 0 saturated heterocycles. The molecule has 0 N–H and O–H groups in total. The largest absolute Gasteiger partial charge is 0.497 e. The molecule has 0 radical (unpaired) electrons. The molecule has 0 spiro atoms. The third-order valence-electron chi connectivity index (χ3n) is 5.27. The lowest BCUT2D eigenvalue weighted by Gasteiger charge is -2.22. The number of rotatable bonds is 6. The number of fused-ring (bicyclic) bond motifs is 1. The van der Waals surface area contributed by atoms with Gasteiger partial charge in [-0.2, -0.15) is 0 Å². The van der Waals surface area contributed by atoms with Crippen molar-refractivity contribution in [3.8, 4) is 5.75 Å². The Morgan fingerprint density at radius 2 is 1.72 bits per heavy atom. The van der Waals surface area contributed by atoms with Gasteiger partial charge in [0.1, 0.15) is 11.5 Å². The predicted octanol–water partition coefficient (Wildman–Crippen LogP) is 2.51. The maximum Gasteiger partial charge on any atom is 0.328 e. The number of hydrogen-bond donors (Lipinski definition) is 0. The van der Waals surface area contributed by atoms with Gasteiger partial charge in [0.05, 0.1) is 35.8 Å². The highest BCUT2D eigenvalue weighted by atomic mass is 32.2. The SMILES string of the molecule is COc1ccc(C(=O)N(Cc2ccco2)S(=O)(=O)c2ccc3c(c2)n(C)c(=O)n3C)cc1. The lowest BCUT2D eigenvalue weighted by atomic mass is 10.2. The number of furan rings is 1. The number of sulfonamides is 1. The van der Waals surface area contributed by atoms with Crippen molar-refractivity contribution in [1.29, 1.82) is 0 Å². The summed E-state index contributed by atoms with van der Waals surface area (Å²) in [7, 11) is 0.380. The number of methoxy groups -OCH3 is 1. The number of benzene rings is 2. The zero-order valence-corrected chi connectivity index (χ0v) is 18.5. The third kappa shape index (κ3) is 3.58. The fourth-order valence-corrected chi connectivity index (χ4v) is 4.84. The molecule has 4 aromatic rings. The molecule has 9 nitrogen and oxygen atoms in total. The van der Waals surface area contributed by atoms with Gasteiger partial charge in [0, 0.05) is 19.7 Å². The Kier molecular flexibility index (Phi) is 5.39. The lowest BCUT2D eigenvalue weighted by molar-refractivity contribution is 0.0848. The van der Waals surface area contributed by atoms with Crippen molar-refractivity contribution in [3.05, 3.63) is 82.7 Å². The Morgan fingerprint density at radius 3 is 2.34 bits per heavy atom. The first-order chi connectivity index (χ1) is 15.2. The van der Waals surface area contributed by atoms with Gasteiger partial charge in [0.15, 0.2) is 0 Å². The fraction of sp³-hybridized carbons (Fsp3) is 0.182. The van der Waals surface area contributed by atoms with E-state index in [-0.39, 0.29) is 22.7 Å². The van der Waals surface area contributed by atoms with Crippen LogP contribution >= 0.6 is 0 Å². The molecule has 1 amide bonds. The van der Waals surface area contributed by atoms with Crippen molar-refractivity contribution >= 4 is 27.0 Å². The first-order valence-electron chi connectivity index (χ1n) is 9.63. The fourth-order valence-electron chi connectivity index (χ4n) is 3.46. The summed E-state index contributed by atoms with van der Waals surface area (Å²) in [4.78, 5) is 25.4. The zero-order chi connectivity index (χ0) is 23.0. The highest BCUT2D eigenvalue weighted by Gasteiger charge is 2.32. The normalized spacial score (nSPS) is 11.6. The van der Waals surface area contributed by atoms with E-state index in [0.717, 1.165) is 4.31 Å². The lowest BCUT2D eigenvalue weighted by Crippen LogP contribution is -2.36. The van der Waals surface area contributed by atoms with Crippen LogP contribution in [0.2, 0.25) is 0 Å². The summed E-state index contributed by atoms with van der Waals surface area (Å²) in [5.74, 6) is 0.132. The number of aromatic nitrogens is 2. The second-order valence-corrected chi connectivity index (χ2v) is 9.04. The number of imidazole rings is 1. The van der Waals surface area contributed by atoms with E-state index in [1.807, 2.05) is 0 Å². The average molecular weight is 455 g/mol. The highest BCUT2D eigenvalue weighted by Crippen LogP contribution is 2.25. The predicted molar refractivity (Wildman–Crippen MR) is 117 cm³/mol. The Morgan fingerprint density at radius 1 is 1.03 bits per heavy atom. The molecule has 0 saturated carbocycles. The van der Waals surface area contributed by atoms with E-state index in [2.05, 4.69) is 0 Å². The first-order valence-corrected chi connectivity index (χ1v) is 11.1. The molecule has 2 aromatic heterocycles. The van der Waals surface area contributed by atoms with Crippen LogP contribution in [0.25, 0.3) is 11.0 Å². The van der Waals surface area contributed by atoms with Crippen LogP contribution in [0.5, 0.6) is 5.75 Å². The van der Waals surface area contributed by atoms with Crippen LogP contribution in [0, 0.1) is 0 Å². The first kappa shape index (κ1) is 21.4. The summed E-state index contributed by atoms with van der Waals surface area (Å²) in [6.07, 6.45) is 1.41. The molecule has 32 heavy (non-hydrogen) atoms. The van der Waals surface area contributed by atoms with Crippen molar-refractivity contribution in [2.45, 2.75) is 11.4 Å². The number of carbonyl (C=O) groups excluding carboxylic acids is 1. The second kappa shape index (κ2) is 8.04. The molecule has 0 unspecified atom stereocenters. The third-order valence-corrected chi connectivity index (χ3v) is 7.00. The molecule has 4 rings (SSSR count). The molecule has 2 aromatic carbocycles. The summed E-state index contributed by atoms with van der Waals surface area (Å²) in [6, 6.07) is 13.7. The minimum absolute atomic E-state index is 0.111. The van der Waals surface area contributed by atoms with Gasteiger partial charge in [-0.1, -0.05) is 0 Å². The van der Waals surface area contributed by atoms with Crippen molar-refractivity contribution in [1.82, 2.24) is 13.4 Å². The summed E-state index contributed by atoms with van der Waals surface area (Å²) >= 11 is 0. The van der Waals surface area contributed by atoms with Gasteiger partial charge >= 0.3 is 5.69 Å². The zero-order valence-electron chi connectivity index (χ0n) is 17.7. The maximum absolute atomic E-state index is 13.6. The number of amides is 1. The van der Waals surface area contributed by atoms with Gasteiger partial charge in [-0.3, -0.25) is 13.9 Å². The molecule has 10 heteroatoms. The smallest absolute Gasteiger partial charge is 0.328 e. The van der Waals surface area contributed by atoms with Crippen LogP contribution < -0.4 is 10.4 Å². The average Bonchev–Trinajstić information content (AvgIpc) is 3.40. The number of nitrogens with zero attached hydrogens (tertiary/aromatic N) is 3. The van der Waals surface area contributed by atoms with Crippen molar-refractivity contribution in [2.24, 2.45) is 14.1 Å². The van der Waals surface area contributed by atoms with Gasteiger partial charge < -0.3 is 9.15 Å². The van der Waals surface area contributed by atoms with Crippen molar-refractivity contribution in [3.63, 3.8) is 0 Å². The van der Waals surface area contributed by atoms with Crippen LogP contribution in [0.15, 0.2) is 75.0 Å². The minimum Gasteiger partial charge on any atom is -0.497 e. The van der Waals surface area contributed by atoms with Crippen LogP contribution in [-0.4, -0.2) is 34.9 Å². The van der Waals surface area contributed by atoms with Crippen LogP contribution in [-0.2, 0) is 30.7 Å². The molecule has 0 aliphatic carbocycles. The van der Waals surface area contributed by atoms with E-state index in [0.29, 0.717) is 22.5 Å². The molecule has 0 aliphatic rings. The molecule has 0 bridgehead atoms. The summed E-state index contributed by atoms with van der Waals surface area (Å²) in [5, 5.41) is 0. The van der Waals surface area contributed by atoms with Crippen LogP contribution in [0.4, 0.5) is 0 Å². The Labute approximate surface area is 184 Å². The quantitative estimate of drug-likeness (QED) is 0.443. The van der Waals surface area contributed by atoms with E-state index in [4.69, 9.17) is 9.15 Å². The Hall–Kier alpha value is -3.79. The van der Waals surface area contributed by atoms with Gasteiger partial charge in [-0.05, 0) is 54.6 Å². The molecule has 0 fully saturated rings. The number of aryl methyl sites for hydroxylation is 2. The summed E-state index contributed by atoms with van der Waals surface area (Å²) in [6.45, 7) is -0.286. The molecule has 2 heterocycles. The molecular weight excluding hydrogens is 434 g/mol. The van der Waals surface area contributed by atoms with Gasteiger partial charge in [-0.25, -0.2) is 17.5 Å². The minimum atomic E-state index is -4.28. The van der Waals surface area contributed by atoms with Gasteiger partial charge in [0.2, 0.25) is 0 Å². The number of ether oxygens (including phenoxy) is 1. The van der Waals surface area contributed by atoms with Crippen LogP contribution in [0.3, 0.4) is 0 Å². The van der Waals surface area contributed by atoms with Gasteiger partial charge in [-0.15, -0.1) is 0 Å². The number of carbonyl (C=O) groups is 1. The Bertz CT molecular complexity index is 1450. The van der Waals surface area contributed by atoms with E-state index >= 15 is 0 Å². The highest BCUT2D eigenvalue weighted by molar-refractivity contribution is 7.89. The van der Waals surface area contributed by atoms with Crippen LogP contribution in [0.1, 0.15) is 16.1 Å². The van der Waals surface area contributed by atoms with E-state index in [1.54, 1.807) is 44.4 Å². The maximum atomic E-state index is 13.6. The van der Waals surface area contributed by atoms with Gasteiger partial charge in [0.25, 0.3) is 15.9 Å². The van der Waals surface area contributed by atoms with Crippen molar-refractivity contribution in [2.75, 3.05) is 7.11 Å². The summed E-state index contributed by atoms with van der Waals surface area (Å²) < 4.78 is 41.1. The second-order valence-electron chi connectivity index (χ2n) is 7.18. The summed E-state index contributed by atoms with van der Waals surface area (Å²) in [5.41, 5.74) is 0.911. The van der Waals surface area contributed by atoms with E-state index in [1.165, 1.54) is 46.8 Å². The Balaban J connectivity index is 1.82. The molecule has 0 atom stereocenters. The molecular formula is C22H21N3O6S. The molecule has 0 aliphatic heterocycles.